The Labute approximate surface area is 107 Å². The highest BCUT2D eigenvalue weighted by atomic mass is 32.2. The number of aliphatic carboxylic acids is 1. The van der Waals surface area contributed by atoms with Crippen molar-refractivity contribution in [1.29, 1.82) is 0 Å². The van der Waals surface area contributed by atoms with Gasteiger partial charge in [-0.05, 0) is 38.2 Å². The van der Waals surface area contributed by atoms with Gasteiger partial charge in [-0.1, -0.05) is 6.42 Å². The van der Waals surface area contributed by atoms with Crippen LogP contribution in [0.5, 0.6) is 0 Å². The van der Waals surface area contributed by atoms with E-state index in [1.54, 1.807) is 11.8 Å². The van der Waals surface area contributed by atoms with E-state index in [2.05, 4.69) is 5.32 Å². The average molecular weight is 259 g/mol. The van der Waals surface area contributed by atoms with Crippen LogP contribution >= 0.6 is 11.8 Å². The van der Waals surface area contributed by atoms with Gasteiger partial charge in [-0.15, -0.1) is 0 Å². The first-order valence-corrected chi connectivity index (χ1v) is 7.47. The van der Waals surface area contributed by atoms with E-state index in [1.807, 2.05) is 13.2 Å². The monoisotopic (exact) mass is 259 g/mol. The number of hydrogen-bond donors (Lipinski definition) is 2. The number of carboxylic acid groups (broad SMARTS) is 1. The van der Waals surface area contributed by atoms with E-state index in [-0.39, 0.29) is 17.9 Å². The lowest BCUT2D eigenvalue weighted by atomic mass is 9.95. The third kappa shape index (κ3) is 4.22. The van der Waals surface area contributed by atoms with E-state index in [0.717, 1.165) is 18.6 Å². The summed E-state index contributed by atoms with van der Waals surface area (Å²) < 4.78 is 0. The molecule has 0 heterocycles. The fraction of sp³-hybridized carbons (Fsp3) is 0.833. The van der Waals surface area contributed by atoms with Gasteiger partial charge in [-0.2, -0.15) is 11.8 Å². The maximum absolute atomic E-state index is 12.0. The Balaban J connectivity index is 2.43. The van der Waals surface area contributed by atoms with Crippen molar-refractivity contribution in [2.45, 2.75) is 38.6 Å². The molecule has 1 aliphatic carbocycles. The van der Waals surface area contributed by atoms with Crippen LogP contribution in [0.1, 0.15) is 32.6 Å². The molecule has 3 atom stereocenters. The van der Waals surface area contributed by atoms with Crippen molar-refractivity contribution < 1.29 is 14.7 Å². The zero-order valence-electron chi connectivity index (χ0n) is 10.4. The topological polar surface area (TPSA) is 66.4 Å². The third-order valence-corrected chi connectivity index (χ3v) is 3.96. The molecule has 98 valence electrons. The molecule has 0 radical (unpaired) electrons. The van der Waals surface area contributed by atoms with Gasteiger partial charge in [0, 0.05) is 6.04 Å². The normalized spacial score (nSPS) is 25.5. The maximum atomic E-state index is 12.0. The molecule has 0 bridgehead atoms. The predicted molar refractivity (Wildman–Crippen MR) is 69.1 cm³/mol. The molecule has 0 spiro atoms. The van der Waals surface area contributed by atoms with Gasteiger partial charge in [-0.3, -0.25) is 9.59 Å². The first-order chi connectivity index (χ1) is 8.06. The summed E-state index contributed by atoms with van der Waals surface area (Å²) in [7, 11) is 0. The molecular formula is C12H21NO3S. The molecule has 4 nitrogen and oxygen atoms in total. The molecule has 1 aliphatic rings. The van der Waals surface area contributed by atoms with Crippen molar-refractivity contribution in [3.05, 3.63) is 0 Å². The minimum absolute atomic E-state index is 0.0801. The Kier molecular flexibility index (Phi) is 5.82. The summed E-state index contributed by atoms with van der Waals surface area (Å²) in [6.45, 7) is 1.97. The minimum atomic E-state index is -0.834. The van der Waals surface area contributed by atoms with Gasteiger partial charge in [0.05, 0.1) is 11.8 Å². The molecule has 1 rings (SSSR count). The zero-order valence-corrected chi connectivity index (χ0v) is 11.3. The third-order valence-electron chi connectivity index (χ3n) is 3.31. The Morgan fingerprint density at radius 1 is 1.41 bits per heavy atom. The highest BCUT2D eigenvalue weighted by Crippen LogP contribution is 2.32. The Hall–Kier alpha value is -0.710. The molecule has 0 aliphatic heterocycles. The highest BCUT2D eigenvalue weighted by molar-refractivity contribution is 7.98. The van der Waals surface area contributed by atoms with Crippen LogP contribution in [0.15, 0.2) is 0 Å². The van der Waals surface area contributed by atoms with Crippen LogP contribution in [0.3, 0.4) is 0 Å². The van der Waals surface area contributed by atoms with Crippen LogP contribution in [0.4, 0.5) is 0 Å². The number of carbonyl (C=O) groups excluding carboxylic acids is 1. The highest BCUT2D eigenvalue weighted by Gasteiger charge is 2.37. The van der Waals surface area contributed by atoms with Gasteiger partial charge < -0.3 is 10.4 Å². The SMILES string of the molecule is CSCCC(C)NC(=O)[C@@H]1CCC[C@@H]1C(=O)O. The van der Waals surface area contributed by atoms with Crippen molar-refractivity contribution in [1.82, 2.24) is 5.32 Å². The number of nitrogens with one attached hydrogen (secondary N) is 1. The van der Waals surface area contributed by atoms with Crippen molar-refractivity contribution >= 4 is 23.6 Å². The van der Waals surface area contributed by atoms with Gasteiger partial charge in [0.25, 0.3) is 0 Å². The average Bonchev–Trinajstić information content (AvgIpc) is 2.75. The summed E-state index contributed by atoms with van der Waals surface area (Å²) in [5.74, 6) is -0.719. The summed E-state index contributed by atoms with van der Waals surface area (Å²) >= 11 is 1.75. The minimum Gasteiger partial charge on any atom is -0.481 e. The molecule has 17 heavy (non-hydrogen) atoms. The number of hydrogen-bond acceptors (Lipinski definition) is 3. The lowest BCUT2D eigenvalue weighted by Gasteiger charge is -2.19. The first-order valence-electron chi connectivity index (χ1n) is 6.08. The molecule has 0 saturated heterocycles. The maximum Gasteiger partial charge on any atom is 0.307 e. The van der Waals surface area contributed by atoms with Crippen LogP contribution in [0, 0.1) is 11.8 Å². The standard InChI is InChI=1S/C12H21NO3S/c1-8(6-7-17-2)13-11(14)9-4-3-5-10(9)12(15)16/h8-10H,3-7H2,1-2H3,(H,13,14)(H,15,16)/t8?,9-,10+/m1/s1. The molecule has 1 fully saturated rings. The Morgan fingerprint density at radius 2 is 2.06 bits per heavy atom. The molecule has 1 amide bonds. The largest absolute Gasteiger partial charge is 0.481 e. The summed E-state index contributed by atoms with van der Waals surface area (Å²) in [6, 6.07) is 0.130. The fourth-order valence-electron chi connectivity index (χ4n) is 2.29. The second-order valence-electron chi connectivity index (χ2n) is 4.67. The summed E-state index contributed by atoms with van der Waals surface area (Å²) in [5, 5.41) is 12.0. The number of thioether (sulfide) groups is 1. The van der Waals surface area contributed by atoms with Crippen molar-refractivity contribution in [2.75, 3.05) is 12.0 Å². The Bertz CT molecular complexity index is 283. The molecule has 0 aromatic heterocycles. The van der Waals surface area contributed by atoms with Crippen molar-refractivity contribution in [2.24, 2.45) is 11.8 Å². The van der Waals surface area contributed by atoms with Gasteiger partial charge in [-0.25, -0.2) is 0 Å². The zero-order chi connectivity index (χ0) is 12.8. The Morgan fingerprint density at radius 3 is 2.65 bits per heavy atom. The van der Waals surface area contributed by atoms with Crippen LogP contribution in [-0.4, -0.2) is 35.0 Å². The fourth-order valence-corrected chi connectivity index (χ4v) is 2.88. The van der Waals surface area contributed by atoms with E-state index in [9.17, 15) is 9.59 Å². The molecule has 2 N–H and O–H groups in total. The van der Waals surface area contributed by atoms with E-state index < -0.39 is 11.9 Å². The smallest absolute Gasteiger partial charge is 0.307 e. The summed E-state index contributed by atoms with van der Waals surface area (Å²) in [5.41, 5.74) is 0. The quantitative estimate of drug-likeness (QED) is 0.762. The number of amides is 1. The number of rotatable bonds is 6. The number of carbonyl (C=O) groups is 2. The lowest BCUT2D eigenvalue weighted by Crippen LogP contribution is -2.40. The second kappa shape index (κ2) is 6.89. The second-order valence-corrected chi connectivity index (χ2v) is 5.66. The van der Waals surface area contributed by atoms with E-state index in [1.165, 1.54) is 0 Å². The number of carboxylic acids is 1. The van der Waals surface area contributed by atoms with Gasteiger partial charge in [0.1, 0.15) is 0 Å². The molecule has 0 aromatic rings. The van der Waals surface area contributed by atoms with Crippen molar-refractivity contribution in [3.63, 3.8) is 0 Å². The van der Waals surface area contributed by atoms with E-state index >= 15 is 0 Å². The molecular weight excluding hydrogens is 238 g/mol. The van der Waals surface area contributed by atoms with Gasteiger partial charge in [0.15, 0.2) is 0 Å². The summed E-state index contributed by atoms with van der Waals surface area (Å²) in [6.07, 6.45) is 5.14. The van der Waals surface area contributed by atoms with E-state index in [4.69, 9.17) is 5.11 Å². The van der Waals surface area contributed by atoms with Gasteiger partial charge in [0.2, 0.25) is 5.91 Å². The summed E-state index contributed by atoms with van der Waals surface area (Å²) in [4.78, 5) is 22.9. The first kappa shape index (κ1) is 14.4. The molecule has 5 heteroatoms. The van der Waals surface area contributed by atoms with Crippen LogP contribution < -0.4 is 5.32 Å². The van der Waals surface area contributed by atoms with Crippen molar-refractivity contribution in [3.8, 4) is 0 Å². The lowest BCUT2D eigenvalue weighted by molar-refractivity contribution is -0.146. The van der Waals surface area contributed by atoms with Crippen LogP contribution in [0.2, 0.25) is 0 Å². The van der Waals surface area contributed by atoms with Crippen LogP contribution in [0.25, 0.3) is 0 Å². The van der Waals surface area contributed by atoms with Crippen LogP contribution in [-0.2, 0) is 9.59 Å². The molecule has 0 aromatic carbocycles. The van der Waals surface area contributed by atoms with E-state index in [0.29, 0.717) is 12.8 Å². The molecule has 1 unspecified atom stereocenters. The molecule has 1 saturated carbocycles. The van der Waals surface area contributed by atoms with Gasteiger partial charge >= 0.3 is 5.97 Å². The predicted octanol–water partition coefficient (Wildman–Crippen LogP) is 1.75.